The second-order valence-corrected chi connectivity index (χ2v) is 8.05. The van der Waals surface area contributed by atoms with Crippen LogP contribution in [0.2, 0.25) is 0 Å². The third-order valence-corrected chi connectivity index (χ3v) is 5.97. The molecule has 156 valence electrons. The number of aromatic hydroxyl groups is 1. The molecule has 1 aliphatic heterocycles. The summed E-state index contributed by atoms with van der Waals surface area (Å²) in [6.45, 7) is 6.37. The Balaban J connectivity index is 1.74. The number of rotatable bonds is 5. The summed E-state index contributed by atoms with van der Waals surface area (Å²) >= 11 is 1.20. The topological polar surface area (TPSA) is 101 Å². The van der Waals surface area contributed by atoms with E-state index in [0.717, 1.165) is 18.8 Å². The fourth-order valence-electron chi connectivity index (χ4n) is 3.38. The molecule has 8 heteroatoms. The van der Waals surface area contributed by atoms with Gasteiger partial charge in [0.25, 0.3) is 0 Å². The summed E-state index contributed by atoms with van der Waals surface area (Å²) in [7, 11) is 0. The van der Waals surface area contributed by atoms with Gasteiger partial charge in [0.15, 0.2) is 0 Å². The maximum atomic E-state index is 12.1. The first-order valence-corrected chi connectivity index (χ1v) is 10.5. The number of carbonyl (C=O) groups is 1. The number of para-hydroxylation sites is 1. The molecule has 0 amide bonds. The van der Waals surface area contributed by atoms with Crippen LogP contribution in [0.4, 0.5) is 5.69 Å². The molecule has 0 radical (unpaired) electrons. The molecule has 30 heavy (non-hydrogen) atoms. The quantitative estimate of drug-likeness (QED) is 0.329. The molecule has 1 aromatic heterocycles. The monoisotopic (exact) mass is 424 g/mol. The van der Waals surface area contributed by atoms with Crippen LogP contribution in [0, 0.1) is 23.7 Å². The lowest BCUT2D eigenvalue weighted by molar-refractivity contribution is 0.0523. The molecule has 3 rings (SSSR count). The molecule has 0 bridgehead atoms. The van der Waals surface area contributed by atoms with Gasteiger partial charge in [-0.2, -0.15) is 5.26 Å². The van der Waals surface area contributed by atoms with Crippen LogP contribution < -0.4 is 4.90 Å². The number of piperazine rings is 1. The highest BCUT2D eigenvalue weighted by molar-refractivity contribution is 7.13. The number of thiophene rings is 1. The number of esters is 1. The maximum absolute atomic E-state index is 12.1. The fraction of sp³-hybridized carbons (Fsp3) is 0.318. The van der Waals surface area contributed by atoms with Crippen LogP contribution in [0.1, 0.15) is 27.0 Å². The minimum Gasteiger partial charge on any atom is -0.506 e. The minimum atomic E-state index is -0.589. The van der Waals surface area contributed by atoms with Gasteiger partial charge in [-0.15, -0.1) is 11.3 Å². The molecule has 2 heterocycles. The van der Waals surface area contributed by atoms with Crippen molar-refractivity contribution >= 4 is 34.9 Å². The molecule has 7 nitrogen and oxygen atoms in total. The largest absolute Gasteiger partial charge is 0.506 e. The summed E-state index contributed by atoms with van der Waals surface area (Å²) in [5, 5.41) is 28.6. The third kappa shape index (κ3) is 4.47. The van der Waals surface area contributed by atoms with Gasteiger partial charge in [-0.3, -0.25) is 5.41 Å². The summed E-state index contributed by atoms with van der Waals surface area (Å²) in [5.41, 5.74) is 1.41. The molecule has 1 saturated heterocycles. The van der Waals surface area contributed by atoms with E-state index in [-0.39, 0.29) is 29.3 Å². The van der Waals surface area contributed by atoms with E-state index < -0.39 is 5.97 Å². The smallest absolute Gasteiger partial charge is 0.343 e. The predicted molar refractivity (Wildman–Crippen MR) is 118 cm³/mol. The van der Waals surface area contributed by atoms with Crippen molar-refractivity contribution in [3.63, 3.8) is 0 Å². The van der Waals surface area contributed by atoms with Crippen LogP contribution in [-0.4, -0.2) is 54.6 Å². The van der Waals surface area contributed by atoms with Crippen LogP contribution in [0.3, 0.4) is 0 Å². The number of nitrogens with one attached hydrogen (secondary N) is 1. The van der Waals surface area contributed by atoms with Gasteiger partial charge in [-0.05, 0) is 32.1 Å². The van der Waals surface area contributed by atoms with Crippen LogP contribution in [0.25, 0.3) is 6.08 Å². The number of ether oxygens (including phenoxy) is 1. The van der Waals surface area contributed by atoms with Crippen LogP contribution in [-0.2, 0) is 4.74 Å². The molecule has 0 unspecified atom stereocenters. The second kappa shape index (κ2) is 9.46. The van der Waals surface area contributed by atoms with E-state index in [9.17, 15) is 15.2 Å². The van der Waals surface area contributed by atoms with E-state index in [1.165, 1.54) is 17.4 Å². The molecule has 1 aromatic carbocycles. The second-order valence-electron chi connectivity index (χ2n) is 6.79. The van der Waals surface area contributed by atoms with Crippen LogP contribution in [0.5, 0.6) is 5.75 Å². The van der Waals surface area contributed by atoms with Crippen LogP contribution in [0.15, 0.2) is 35.9 Å². The van der Waals surface area contributed by atoms with Crippen molar-refractivity contribution in [2.24, 2.45) is 0 Å². The summed E-state index contributed by atoms with van der Waals surface area (Å²) < 4.78 is 4.99. The molecular weight excluding hydrogens is 400 g/mol. The maximum Gasteiger partial charge on any atom is 0.343 e. The number of nitriles is 1. The lowest BCUT2D eigenvalue weighted by Gasteiger charge is -2.37. The first kappa shape index (κ1) is 21.4. The van der Waals surface area contributed by atoms with E-state index in [4.69, 9.17) is 10.1 Å². The zero-order valence-electron chi connectivity index (χ0n) is 17.0. The Morgan fingerprint density at radius 2 is 1.97 bits per heavy atom. The fourth-order valence-corrected chi connectivity index (χ4v) is 4.37. The molecule has 0 saturated carbocycles. The zero-order valence-corrected chi connectivity index (χ0v) is 17.8. The number of nitrogens with zero attached hydrogens (tertiary/aromatic N) is 3. The average molecular weight is 425 g/mol. The average Bonchev–Trinajstić information content (AvgIpc) is 3.05. The highest BCUT2D eigenvalue weighted by Crippen LogP contribution is 2.36. The molecule has 1 fully saturated rings. The van der Waals surface area contributed by atoms with E-state index in [1.807, 2.05) is 23.1 Å². The van der Waals surface area contributed by atoms with Crippen molar-refractivity contribution < 1.29 is 14.6 Å². The molecule has 2 aromatic rings. The Morgan fingerprint density at radius 3 is 2.57 bits per heavy atom. The highest BCUT2D eigenvalue weighted by Gasteiger charge is 2.24. The Kier molecular flexibility index (Phi) is 6.75. The first-order chi connectivity index (χ1) is 14.5. The standard InChI is InChI=1S/C22H24N4O3S/c1-3-29-22(28)19-15(2)30-18(20(19)27)13-16(14-23)21(24)26-11-9-25(10-12-26)17-7-5-4-6-8-17/h4-8,13,24,27H,3,9-12H2,1-2H3. The van der Waals surface area contributed by atoms with Gasteiger partial charge in [0.2, 0.25) is 0 Å². The zero-order chi connectivity index (χ0) is 21.7. The number of hydrogen-bond acceptors (Lipinski definition) is 7. The summed E-state index contributed by atoms with van der Waals surface area (Å²) in [6.07, 6.45) is 1.47. The number of carbonyl (C=O) groups excluding carboxylic acids is 1. The third-order valence-electron chi connectivity index (χ3n) is 4.93. The Morgan fingerprint density at radius 1 is 1.30 bits per heavy atom. The van der Waals surface area contributed by atoms with Gasteiger partial charge in [-0.1, -0.05) is 18.2 Å². The van der Waals surface area contributed by atoms with Crippen LogP contribution >= 0.6 is 11.3 Å². The minimum absolute atomic E-state index is 0.119. The molecule has 0 atom stereocenters. The number of amidine groups is 1. The van der Waals surface area contributed by atoms with Crippen molar-refractivity contribution in [2.45, 2.75) is 13.8 Å². The molecule has 1 aliphatic rings. The van der Waals surface area contributed by atoms with Gasteiger partial charge >= 0.3 is 5.97 Å². The van der Waals surface area contributed by atoms with Gasteiger partial charge in [0.05, 0.1) is 17.1 Å². The molecule has 0 aliphatic carbocycles. The van der Waals surface area contributed by atoms with Gasteiger partial charge in [-0.25, -0.2) is 4.79 Å². The Hall–Kier alpha value is -3.31. The number of hydrogen-bond donors (Lipinski definition) is 2. The number of anilines is 1. The first-order valence-electron chi connectivity index (χ1n) is 9.71. The normalized spacial score (nSPS) is 14.4. The summed E-state index contributed by atoms with van der Waals surface area (Å²) in [4.78, 5) is 17.2. The van der Waals surface area contributed by atoms with Gasteiger partial charge < -0.3 is 19.6 Å². The van der Waals surface area contributed by atoms with Gasteiger partial charge in [0, 0.05) is 36.7 Å². The van der Waals surface area contributed by atoms with E-state index >= 15 is 0 Å². The van der Waals surface area contributed by atoms with Crippen molar-refractivity contribution in [2.75, 3.05) is 37.7 Å². The molecule has 2 N–H and O–H groups in total. The van der Waals surface area contributed by atoms with E-state index in [0.29, 0.717) is 22.8 Å². The van der Waals surface area contributed by atoms with Crippen molar-refractivity contribution in [3.05, 3.63) is 51.2 Å². The van der Waals surface area contributed by atoms with E-state index in [2.05, 4.69) is 23.1 Å². The highest BCUT2D eigenvalue weighted by atomic mass is 32.1. The van der Waals surface area contributed by atoms with Crippen molar-refractivity contribution in [3.8, 4) is 11.8 Å². The van der Waals surface area contributed by atoms with E-state index in [1.54, 1.807) is 13.8 Å². The van der Waals surface area contributed by atoms with Crippen molar-refractivity contribution in [1.82, 2.24) is 4.90 Å². The number of aryl methyl sites for hydroxylation is 1. The molecule has 0 spiro atoms. The lowest BCUT2D eigenvalue weighted by atomic mass is 10.1. The Labute approximate surface area is 179 Å². The molecular formula is C22H24N4O3S. The lowest BCUT2D eigenvalue weighted by Crippen LogP contribution is -2.48. The van der Waals surface area contributed by atoms with Crippen molar-refractivity contribution in [1.29, 1.82) is 10.7 Å². The SMILES string of the molecule is CCOC(=O)c1c(C)sc(C=C(C#N)C(=N)N2CCN(c3ccccc3)CC2)c1O. The number of benzene rings is 1. The summed E-state index contributed by atoms with van der Waals surface area (Å²) in [6, 6.07) is 12.2. The van der Waals surface area contributed by atoms with Gasteiger partial charge in [0.1, 0.15) is 23.2 Å². The summed E-state index contributed by atoms with van der Waals surface area (Å²) in [5.74, 6) is -0.673. The Bertz CT molecular complexity index is 999. The predicted octanol–water partition coefficient (Wildman–Crippen LogP) is 3.65.